The minimum absolute atomic E-state index is 0.0467. The summed E-state index contributed by atoms with van der Waals surface area (Å²) in [5.74, 6) is 1.17. The third kappa shape index (κ3) is 5.43. The Bertz CT molecular complexity index is 998. The predicted octanol–water partition coefficient (Wildman–Crippen LogP) is 3.73. The molecule has 1 aromatic heterocycles. The number of hydrogen-bond acceptors (Lipinski definition) is 6. The van der Waals surface area contributed by atoms with E-state index >= 15 is 0 Å². The minimum Gasteiger partial charge on any atom is -0.482 e. The first-order valence-electron chi connectivity index (χ1n) is 11.5. The van der Waals surface area contributed by atoms with Crippen LogP contribution in [0.2, 0.25) is 0 Å². The Balaban J connectivity index is 1.35. The zero-order valence-electron chi connectivity index (χ0n) is 19.7. The van der Waals surface area contributed by atoms with E-state index in [4.69, 9.17) is 4.74 Å². The van der Waals surface area contributed by atoms with Crippen molar-refractivity contribution in [1.29, 1.82) is 0 Å². The molecule has 0 N–H and O–H groups in total. The van der Waals surface area contributed by atoms with Gasteiger partial charge < -0.3 is 14.5 Å². The molecule has 1 aromatic carbocycles. The van der Waals surface area contributed by atoms with Crippen LogP contribution < -0.4 is 14.5 Å². The topological polar surface area (TPSA) is 61.8 Å². The number of anilines is 2. The summed E-state index contributed by atoms with van der Waals surface area (Å²) in [6.07, 6.45) is -3.73. The van der Waals surface area contributed by atoms with Gasteiger partial charge in [-0.25, -0.2) is 9.97 Å². The number of amides is 1. The zero-order valence-corrected chi connectivity index (χ0v) is 19.7. The molecule has 2 aromatic rings. The van der Waals surface area contributed by atoms with Crippen LogP contribution in [-0.2, 0) is 16.4 Å². The highest BCUT2D eigenvalue weighted by Crippen LogP contribution is 2.33. The summed E-state index contributed by atoms with van der Waals surface area (Å²) in [6, 6.07) is 8.55. The van der Waals surface area contributed by atoms with E-state index in [0.29, 0.717) is 44.3 Å². The molecule has 0 radical (unpaired) electrons. The monoisotopic (exact) mass is 477 g/mol. The molecular formula is C24H30F3N5O2. The summed E-state index contributed by atoms with van der Waals surface area (Å²) < 4.78 is 45.8. The Morgan fingerprint density at radius 1 is 1.00 bits per heavy atom. The SMILES string of the molecule is CC(C)(C)c1nc(N2CCN(CCCN3C(=O)COc4ccccc43)CC2)cc(C(F)(F)F)n1. The molecule has 34 heavy (non-hydrogen) atoms. The van der Waals surface area contributed by atoms with Crippen molar-refractivity contribution in [2.24, 2.45) is 0 Å². The highest BCUT2D eigenvalue weighted by molar-refractivity contribution is 5.97. The fourth-order valence-electron chi connectivity index (χ4n) is 4.13. The van der Waals surface area contributed by atoms with Gasteiger partial charge in [0, 0.05) is 44.2 Å². The van der Waals surface area contributed by atoms with Crippen molar-refractivity contribution in [1.82, 2.24) is 14.9 Å². The summed E-state index contributed by atoms with van der Waals surface area (Å²) >= 11 is 0. The number of alkyl halides is 3. The molecule has 0 atom stereocenters. The number of fused-ring (bicyclic) bond motifs is 1. The number of piperazine rings is 1. The molecule has 2 aliphatic rings. The maximum Gasteiger partial charge on any atom is 0.433 e. The van der Waals surface area contributed by atoms with E-state index in [9.17, 15) is 18.0 Å². The van der Waals surface area contributed by atoms with Gasteiger partial charge in [0.25, 0.3) is 5.91 Å². The molecule has 4 rings (SSSR count). The van der Waals surface area contributed by atoms with Gasteiger partial charge in [0.1, 0.15) is 23.1 Å². The Morgan fingerprint density at radius 3 is 2.38 bits per heavy atom. The van der Waals surface area contributed by atoms with Crippen molar-refractivity contribution in [3.8, 4) is 5.75 Å². The van der Waals surface area contributed by atoms with Crippen LogP contribution in [0.5, 0.6) is 5.75 Å². The second kappa shape index (κ2) is 9.40. The van der Waals surface area contributed by atoms with E-state index in [1.54, 1.807) is 4.90 Å². The third-order valence-electron chi connectivity index (χ3n) is 6.03. The van der Waals surface area contributed by atoms with Gasteiger partial charge in [-0.05, 0) is 25.1 Å². The van der Waals surface area contributed by atoms with Crippen LogP contribution in [0.15, 0.2) is 30.3 Å². The summed E-state index contributed by atoms with van der Waals surface area (Å²) in [7, 11) is 0. The number of benzene rings is 1. The molecule has 10 heteroatoms. The molecule has 0 bridgehead atoms. The zero-order chi connectivity index (χ0) is 24.5. The van der Waals surface area contributed by atoms with Crippen LogP contribution in [0.25, 0.3) is 0 Å². The third-order valence-corrected chi connectivity index (χ3v) is 6.03. The van der Waals surface area contributed by atoms with Crippen molar-refractivity contribution in [2.75, 3.05) is 55.7 Å². The van der Waals surface area contributed by atoms with E-state index in [1.165, 1.54) is 0 Å². The normalized spacial score (nSPS) is 17.5. The van der Waals surface area contributed by atoms with E-state index < -0.39 is 17.3 Å². The Hall–Kier alpha value is -2.88. The number of para-hydroxylation sites is 2. The molecule has 1 amide bonds. The van der Waals surface area contributed by atoms with Gasteiger partial charge in [-0.15, -0.1) is 0 Å². The number of aromatic nitrogens is 2. The minimum atomic E-state index is -4.52. The van der Waals surface area contributed by atoms with Gasteiger partial charge in [0.2, 0.25) is 0 Å². The van der Waals surface area contributed by atoms with Crippen molar-refractivity contribution in [2.45, 2.75) is 38.8 Å². The Morgan fingerprint density at radius 2 is 1.71 bits per heavy atom. The number of carbonyl (C=O) groups is 1. The molecular weight excluding hydrogens is 447 g/mol. The first-order chi connectivity index (χ1) is 16.0. The highest BCUT2D eigenvalue weighted by atomic mass is 19.4. The average molecular weight is 478 g/mol. The second-order valence-corrected chi connectivity index (χ2v) is 9.67. The molecule has 0 spiro atoms. The summed E-state index contributed by atoms with van der Waals surface area (Å²) in [6.45, 7) is 9.44. The van der Waals surface area contributed by atoms with Gasteiger partial charge >= 0.3 is 6.18 Å². The number of carbonyl (C=O) groups excluding carboxylic acids is 1. The van der Waals surface area contributed by atoms with Gasteiger partial charge in [-0.2, -0.15) is 13.2 Å². The molecule has 7 nitrogen and oxygen atoms in total. The van der Waals surface area contributed by atoms with Crippen LogP contribution in [0.1, 0.15) is 38.7 Å². The van der Waals surface area contributed by atoms with E-state index in [-0.39, 0.29) is 18.3 Å². The predicted molar refractivity (Wildman–Crippen MR) is 123 cm³/mol. The van der Waals surface area contributed by atoms with E-state index in [0.717, 1.165) is 24.7 Å². The lowest BCUT2D eigenvalue weighted by molar-refractivity contribution is -0.141. The van der Waals surface area contributed by atoms with Crippen molar-refractivity contribution >= 4 is 17.4 Å². The van der Waals surface area contributed by atoms with Gasteiger partial charge in [-0.3, -0.25) is 9.69 Å². The number of hydrogen-bond donors (Lipinski definition) is 0. The number of ether oxygens (including phenoxy) is 1. The van der Waals surface area contributed by atoms with Crippen molar-refractivity contribution in [3.63, 3.8) is 0 Å². The largest absolute Gasteiger partial charge is 0.482 e. The van der Waals surface area contributed by atoms with Crippen LogP contribution in [0.3, 0.4) is 0 Å². The van der Waals surface area contributed by atoms with Crippen LogP contribution >= 0.6 is 0 Å². The number of rotatable bonds is 5. The first-order valence-corrected chi connectivity index (χ1v) is 11.5. The lowest BCUT2D eigenvalue weighted by atomic mass is 9.95. The second-order valence-electron chi connectivity index (χ2n) is 9.67. The Kier molecular flexibility index (Phi) is 6.71. The highest BCUT2D eigenvalue weighted by Gasteiger charge is 2.36. The molecule has 2 aliphatic heterocycles. The van der Waals surface area contributed by atoms with E-state index in [2.05, 4.69) is 14.9 Å². The molecule has 0 aliphatic carbocycles. The van der Waals surface area contributed by atoms with Crippen molar-refractivity contribution in [3.05, 3.63) is 41.9 Å². The average Bonchev–Trinajstić information content (AvgIpc) is 2.79. The summed E-state index contributed by atoms with van der Waals surface area (Å²) in [4.78, 5) is 26.5. The standard InChI is InChI=1S/C24H30F3N5O2/c1-23(2,3)22-28-19(24(25,26)27)15-20(29-22)31-13-11-30(12-14-31)9-6-10-32-17-7-4-5-8-18(17)34-16-21(32)33/h4-5,7-8,15H,6,9-14,16H2,1-3H3. The first kappa shape index (κ1) is 24.3. The van der Waals surface area contributed by atoms with Crippen LogP contribution in [0, 0.1) is 0 Å². The molecule has 0 unspecified atom stereocenters. The summed E-state index contributed by atoms with van der Waals surface area (Å²) in [5, 5.41) is 0. The fraction of sp³-hybridized carbons (Fsp3) is 0.542. The molecule has 0 saturated carbocycles. The van der Waals surface area contributed by atoms with Crippen LogP contribution in [-0.4, -0.2) is 66.7 Å². The maximum atomic E-state index is 13.4. The molecule has 3 heterocycles. The summed E-state index contributed by atoms with van der Waals surface area (Å²) in [5.41, 5.74) is -0.698. The Labute approximate surface area is 197 Å². The smallest absolute Gasteiger partial charge is 0.433 e. The lowest BCUT2D eigenvalue weighted by Gasteiger charge is -2.36. The van der Waals surface area contributed by atoms with E-state index in [1.807, 2.05) is 49.9 Å². The lowest BCUT2D eigenvalue weighted by Crippen LogP contribution is -2.48. The maximum absolute atomic E-state index is 13.4. The van der Waals surface area contributed by atoms with Gasteiger partial charge in [0.05, 0.1) is 5.69 Å². The van der Waals surface area contributed by atoms with Gasteiger partial charge in [-0.1, -0.05) is 32.9 Å². The fourth-order valence-corrected chi connectivity index (χ4v) is 4.13. The number of halogens is 3. The number of nitrogens with zero attached hydrogens (tertiary/aromatic N) is 5. The molecule has 184 valence electrons. The quantitative estimate of drug-likeness (QED) is 0.654. The molecule has 1 saturated heterocycles. The van der Waals surface area contributed by atoms with Crippen LogP contribution in [0.4, 0.5) is 24.7 Å². The van der Waals surface area contributed by atoms with Gasteiger partial charge in [0.15, 0.2) is 6.61 Å². The van der Waals surface area contributed by atoms with Crippen molar-refractivity contribution < 1.29 is 22.7 Å². The molecule has 1 fully saturated rings.